The Balaban J connectivity index is 1.80. The molecule has 0 bridgehead atoms. The number of carboxylic acids is 1. The van der Waals surface area contributed by atoms with E-state index in [9.17, 15) is 9.59 Å². The van der Waals surface area contributed by atoms with Crippen molar-refractivity contribution >= 4 is 22.8 Å². The summed E-state index contributed by atoms with van der Waals surface area (Å²) in [5.74, 6) is -1.13. The standard InChI is InChI=1S/C14H15N3O4/c18-12(19)7-9-8-17(5-6-21-9)14(20)13-10-3-1-2-4-11(10)15-16-13/h1-4,9H,5-8H2,(H,15,16)(H,18,19). The van der Waals surface area contributed by atoms with Gasteiger partial charge in [0.1, 0.15) is 0 Å². The summed E-state index contributed by atoms with van der Waals surface area (Å²) in [5.41, 5.74) is 1.16. The zero-order valence-corrected chi connectivity index (χ0v) is 11.3. The molecule has 0 radical (unpaired) electrons. The van der Waals surface area contributed by atoms with Gasteiger partial charge in [-0.15, -0.1) is 0 Å². The number of carbonyl (C=O) groups excluding carboxylic acids is 1. The minimum absolute atomic E-state index is 0.106. The number of hydrogen-bond donors (Lipinski definition) is 2. The van der Waals surface area contributed by atoms with E-state index in [1.807, 2.05) is 24.3 Å². The first kappa shape index (κ1) is 13.6. The lowest BCUT2D eigenvalue weighted by atomic mass is 10.1. The van der Waals surface area contributed by atoms with Crippen LogP contribution >= 0.6 is 0 Å². The van der Waals surface area contributed by atoms with Crippen LogP contribution in [0.1, 0.15) is 16.9 Å². The number of hydrogen-bond acceptors (Lipinski definition) is 4. The van der Waals surface area contributed by atoms with E-state index in [-0.39, 0.29) is 18.9 Å². The molecule has 1 aliphatic heterocycles. The smallest absolute Gasteiger partial charge is 0.306 e. The van der Waals surface area contributed by atoms with E-state index in [4.69, 9.17) is 9.84 Å². The van der Waals surface area contributed by atoms with Crippen LogP contribution in [0.3, 0.4) is 0 Å². The van der Waals surface area contributed by atoms with Crippen LogP contribution < -0.4 is 0 Å². The zero-order chi connectivity index (χ0) is 14.8. The molecular weight excluding hydrogens is 274 g/mol. The third kappa shape index (κ3) is 2.73. The first-order valence-electron chi connectivity index (χ1n) is 6.71. The maximum absolute atomic E-state index is 12.5. The molecule has 2 N–H and O–H groups in total. The van der Waals surface area contributed by atoms with Crippen molar-refractivity contribution in [3.8, 4) is 0 Å². The molecule has 2 aromatic rings. The number of ether oxygens (including phenoxy) is 1. The van der Waals surface area contributed by atoms with E-state index < -0.39 is 12.1 Å². The van der Waals surface area contributed by atoms with E-state index in [2.05, 4.69) is 10.2 Å². The van der Waals surface area contributed by atoms with Crippen LogP contribution in [0.4, 0.5) is 0 Å². The molecule has 1 aliphatic rings. The summed E-state index contributed by atoms with van der Waals surface area (Å²) in [6.07, 6.45) is -0.573. The SMILES string of the molecule is O=C(O)CC1CN(C(=O)c2n[nH]c3ccccc23)CCO1. The molecule has 1 unspecified atom stereocenters. The minimum atomic E-state index is -0.931. The van der Waals surface area contributed by atoms with Gasteiger partial charge in [-0.2, -0.15) is 5.10 Å². The van der Waals surface area contributed by atoms with Gasteiger partial charge in [-0.1, -0.05) is 18.2 Å². The molecule has 21 heavy (non-hydrogen) atoms. The molecule has 0 aliphatic carbocycles. The molecule has 1 atom stereocenters. The first-order chi connectivity index (χ1) is 10.1. The van der Waals surface area contributed by atoms with Crippen LogP contribution in [-0.4, -0.2) is 57.9 Å². The molecule has 0 spiro atoms. The molecule has 0 saturated carbocycles. The molecule has 1 amide bonds. The molecular formula is C14H15N3O4. The number of benzene rings is 1. The maximum atomic E-state index is 12.5. The topological polar surface area (TPSA) is 95.5 Å². The van der Waals surface area contributed by atoms with E-state index >= 15 is 0 Å². The van der Waals surface area contributed by atoms with Crippen molar-refractivity contribution in [3.05, 3.63) is 30.0 Å². The van der Waals surface area contributed by atoms with Gasteiger partial charge in [0.25, 0.3) is 5.91 Å². The number of rotatable bonds is 3. The Morgan fingerprint density at radius 3 is 3.05 bits per heavy atom. The van der Waals surface area contributed by atoms with Gasteiger partial charge in [0.2, 0.25) is 0 Å². The van der Waals surface area contributed by atoms with Gasteiger partial charge < -0.3 is 14.7 Å². The Morgan fingerprint density at radius 1 is 1.43 bits per heavy atom. The lowest BCUT2D eigenvalue weighted by Gasteiger charge is -2.31. The number of amides is 1. The summed E-state index contributed by atoms with van der Waals surface area (Å²) in [4.78, 5) is 24.9. The van der Waals surface area contributed by atoms with Gasteiger partial charge in [0.05, 0.1) is 24.6 Å². The van der Waals surface area contributed by atoms with Gasteiger partial charge in [-0.25, -0.2) is 0 Å². The lowest BCUT2D eigenvalue weighted by Crippen LogP contribution is -2.46. The summed E-state index contributed by atoms with van der Waals surface area (Å²) in [5, 5.41) is 16.5. The van der Waals surface area contributed by atoms with Crippen LogP contribution in [-0.2, 0) is 9.53 Å². The Bertz CT molecular complexity index is 682. The highest BCUT2D eigenvalue weighted by atomic mass is 16.5. The Hall–Kier alpha value is -2.41. The van der Waals surface area contributed by atoms with E-state index in [1.54, 1.807) is 4.90 Å². The number of H-pyrrole nitrogens is 1. The van der Waals surface area contributed by atoms with Crippen LogP contribution in [0.2, 0.25) is 0 Å². The fourth-order valence-corrected chi connectivity index (χ4v) is 2.50. The number of carbonyl (C=O) groups is 2. The minimum Gasteiger partial charge on any atom is -0.481 e. The predicted octanol–water partition coefficient (Wildman–Crippen LogP) is 0.879. The Kier molecular flexibility index (Phi) is 3.57. The summed E-state index contributed by atoms with van der Waals surface area (Å²) in [6, 6.07) is 7.40. The fraction of sp³-hybridized carbons (Fsp3) is 0.357. The van der Waals surface area contributed by atoms with Crippen molar-refractivity contribution in [2.24, 2.45) is 0 Å². The summed E-state index contributed by atoms with van der Waals surface area (Å²) < 4.78 is 5.37. The van der Waals surface area contributed by atoms with Crippen molar-refractivity contribution in [3.63, 3.8) is 0 Å². The van der Waals surface area contributed by atoms with Crippen LogP contribution in [0.5, 0.6) is 0 Å². The van der Waals surface area contributed by atoms with Crippen molar-refractivity contribution in [2.75, 3.05) is 19.7 Å². The molecule has 1 aromatic heterocycles. The number of aromatic nitrogens is 2. The van der Waals surface area contributed by atoms with Crippen LogP contribution in [0, 0.1) is 0 Å². The number of morpholine rings is 1. The third-order valence-corrected chi connectivity index (χ3v) is 3.50. The quantitative estimate of drug-likeness (QED) is 0.874. The second-order valence-electron chi connectivity index (χ2n) is 4.96. The first-order valence-corrected chi connectivity index (χ1v) is 6.71. The second kappa shape index (κ2) is 5.53. The normalized spacial score (nSPS) is 18.9. The molecule has 110 valence electrons. The predicted molar refractivity (Wildman–Crippen MR) is 74.0 cm³/mol. The second-order valence-corrected chi connectivity index (χ2v) is 4.96. The number of nitrogens with one attached hydrogen (secondary N) is 1. The van der Waals surface area contributed by atoms with Gasteiger partial charge in [0, 0.05) is 18.5 Å². The monoisotopic (exact) mass is 289 g/mol. The van der Waals surface area contributed by atoms with E-state index in [0.717, 1.165) is 10.9 Å². The van der Waals surface area contributed by atoms with Crippen molar-refractivity contribution in [2.45, 2.75) is 12.5 Å². The third-order valence-electron chi connectivity index (χ3n) is 3.50. The lowest BCUT2D eigenvalue weighted by molar-refractivity contribution is -0.141. The van der Waals surface area contributed by atoms with E-state index in [1.165, 1.54) is 0 Å². The highest BCUT2D eigenvalue weighted by Crippen LogP contribution is 2.18. The fourth-order valence-electron chi connectivity index (χ4n) is 2.50. The van der Waals surface area contributed by atoms with Crippen molar-refractivity contribution < 1.29 is 19.4 Å². The number of carboxylic acid groups (broad SMARTS) is 1. The van der Waals surface area contributed by atoms with Crippen LogP contribution in [0.25, 0.3) is 10.9 Å². The number of nitrogens with zero attached hydrogens (tertiary/aromatic N) is 2. The molecule has 1 aromatic carbocycles. The number of para-hydroxylation sites is 1. The van der Waals surface area contributed by atoms with Crippen LogP contribution in [0.15, 0.2) is 24.3 Å². The molecule has 1 fully saturated rings. The zero-order valence-electron chi connectivity index (χ0n) is 11.3. The molecule has 2 heterocycles. The highest BCUT2D eigenvalue weighted by Gasteiger charge is 2.28. The average Bonchev–Trinajstić information content (AvgIpc) is 2.90. The Labute approximate surface area is 120 Å². The maximum Gasteiger partial charge on any atom is 0.306 e. The Morgan fingerprint density at radius 2 is 2.24 bits per heavy atom. The van der Waals surface area contributed by atoms with Gasteiger partial charge in [-0.3, -0.25) is 14.7 Å². The molecule has 1 saturated heterocycles. The average molecular weight is 289 g/mol. The number of fused-ring (bicyclic) bond motifs is 1. The highest BCUT2D eigenvalue weighted by molar-refractivity contribution is 6.04. The molecule has 7 nitrogen and oxygen atoms in total. The van der Waals surface area contributed by atoms with Gasteiger partial charge in [0.15, 0.2) is 5.69 Å². The van der Waals surface area contributed by atoms with Crippen molar-refractivity contribution in [1.82, 2.24) is 15.1 Å². The molecule has 7 heteroatoms. The number of aliphatic carboxylic acids is 1. The van der Waals surface area contributed by atoms with Crippen molar-refractivity contribution in [1.29, 1.82) is 0 Å². The summed E-state index contributed by atoms with van der Waals surface area (Å²) in [7, 11) is 0. The summed E-state index contributed by atoms with van der Waals surface area (Å²) in [6.45, 7) is 1.05. The molecule has 3 rings (SSSR count). The summed E-state index contributed by atoms with van der Waals surface area (Å²) >= 11 is 0. The van der Waals surface area contributed by atoms with Gasteiger partial charge in [-0.05, 0) is 6.07 Å². The largest absolute Gasteiger partial charge is 0.481 e. The number of aromatic amines is 1. The van der Waals surface area contributed by atoms with Gasteiger partial charge >= 0.3 is 5.97 Å². The van der Waals surface area contributed by atoms with E-state index in [0.29, 0.717) is 18.8 Å².